The summed E-state index contributed by atoms with van der Waals surface area (Å²) in [6, 6.07) is 15.0. The zero-order chi connectivity index (χ0) is 19.8. The number of carbonyl (C=O) groups excluding carboxylic acids is 1. The van der Waals surface area contributed by atoms with Crippen LogP contribution in [-0.4, -0.2) is 41.1 Å². The number of aromatic nitrogens is 2. The number of nitrogens with one attached hydrogen (secondary N) is 2. The van der Waals surface area contributed by atoms with E-state index in [4.69, 9.17) is 9.47 Å². The molecule has 148 valence electrons. The monoisotopic (exact) mass is 399 g/mol. The molecule has 1 unspecified atom stereocenters. The van der Waals surface area contributed by atoms with Gasteiger partial charge in [-0.3, -0.25) is 4.79 Å². The predicted octanol–water partition coefficient (Wildman–Crippen LogP) is 3.95. The van der Waals surface area contributed by atoms with Gasteiger partial charge in [-0.05, 0) is 49.6 Å². The Morgan fingerprint density at radius 2 is 1.86 bits per heavy atom. The van der Waals surface area contributed by atoms with Gasteiger partial charge >= 0.3 is 0 Å². The smallest absolute Gasteiger partial charge is 0.258 e. The Hall–Kier alpha value is -2.67. The number of para-hydroxylation sites is 4. The van der Waals surface area contributed by atoms with Crippen LogP contribution in [0.2, 0.25) is 0 Å². The number of benzene rings is 2. The molecule has 0 fully saturated rings. The molecule has 6 nitrogen and oxygen atoms in total. The third-order valence-electron chi connectivity index (χ3n) is 4.19. The van der Waals surface area contributed by atoms with Gasteiger partial charge in [-0.1, -0.05) is 24.3 Å². The van der Waals surface area contributed by atoms with Gasteiger partial charge in [0.1, 0.15) is 5.82 Å². The first-order valence-electron chi connectivity index (χ1n) is 9.28. The Morgan fingerprint density at radius 3 is 2.57 bits per heavy atom. The molecule has 1 heterocycles. The lowest BCUT2D eigenvalue weighted by molar-refractivity contribution is -0.123. The van der Waals surface area contributed by atoms with Gasteiger partial charge in [0.2, 0.25) is 0 Å². The van der Waals surface area contributed by atoms with Crippen LogP contribution < -0.4 is 14.8 Å². The lowest BCUT2D eigenvalue weighted by Crippen LogP contribution is -2.33. The summed E-state index contributed by atoms with van der Waals surface area (Å²) >= 11 is 1.74. The van der Waals surface area contributed by atoms with Crippen molar-refractivity contribution in [3.8, 4) is 11.5 Å². The summed E-state index contributed by atoms with van der Waals surface area (Å²) < 4.78 is 11.2. The third-order valence-corrected chi connectivity index (χ3v) is 4.84. The maximum Gasteiger partial charge on any atom is 0.258 e. The summed E-state index contributed by atoms with van der Waals surface area (Å²) in [5, 5.41) is 3.04. The second kappa shape index (κ2) is 10.0. The molecular weight excluding hydrogens is 374 g/mol. The van der Waals surface area contributed by atoms with Gasteiger partial charge in [0.05, 0.1) is 23.7 Å². The van der Waals surface area contributed by atoms with E-state index < -0.39 is 0 Å². The highest BCUT2D eigenvalue weighted by Gasteiger charge is 2.19. The summed E-state index contributed by atoms with van der Waals surface area (Å²) in [5.41, 5.74) is 1.85. The van der Waals surface area contributed by atoms with E-state index in [1.165, 1.54) is 0 Å². The van der Waals surface area contributed by atoms with Crippen molar-refractivity contribution in [2.75, 3.05) is 25.2 Å². The number of H-pyrrole nitrogens is 1. The highest BCUT2D eigenvalue weighted by atomic mass is 32.2. The van der Waals surface area contributed by atoms with Gasteiger partial charge in [-0.25, -0.2) is 4.98 Å². The van der Waals surface area contributed by atoms with Crippen LogP contribution in [-0.2, 0) is 4.79 Å². The van der Waals surface area contributed by atoms with Gasteiger partial charge in [0, 0.05) is 0 Å². The van der Waals surface area contributed by atoms with Crippen LogP contribution in [0.5, 0.6) is 11.5 Å². The highest BCUT2D eigenvalue weighted by Crippen LogP contribution is 2.26. The molecule has 0 saturated heterocycles. The van der Waals surface area contributed by atoms with Crippen molar-refractivity contribution in [2.24, 2.45) is 0 Å². The molecule has 2 N–H and O–H groups in total. The molecule has 0 bridgehead atoms. The van der Waals surface area contributed by atoms with E-state index in [9.17, 15) is 4.79 Å². The van der Waals surface area contributed by atoms with E-state index in [2.05, 4.69) is 15.3 Å². The molecule has 0 aliphatic carbocycles. The van der Waals surface area contributed by atoms with Crippen molar-refractivity contribution in [1.29, 1.82) is 0 Å². The summed E-state index contributed by atoms with van der Waals surface area (Å²) in [7, 11) is 0. The maximum atomic E-state index is 12.5. The Labute approximate surface area is 169 Å². The lowest BCUT2D eigenvalue weighted by atomic mass is 10.2. The second-order valence-corrected chi connectivity index (χ2v) is 7.19. The molecule has 0 aliphatic rings. The number of carbonyl (C=O) groups is 1. The first kappa shape index (κ1) is 20.1. The van der Waals surface area contributed by atoms with E-state index in [0.29, 0.717) is 18.1 Å². The van der Waals surface area contributed by atoms with Gasteiger partial charge in [-0.2, -0.15) is 11.8 Å². The van der Waals surface area contributed by atoms with Crippen LogP contribution in [0.25, 0.3) is 11.0 Å². The third kappa shape index (κ3) is 5.19. The summed E-state index contributed by atoms with van der Waals surface area (Å²) in [6.07, 6.45) is 2.83. The molecule has 28 heavy (non-hydrogen) atoms. The minimum absolute atomic E-state index is 0.0833. The fourth-order valence-corrected chi connectivity index (χ4v) is 3.35. The number of nitrogens with zero attached hydrogens (tertiary/aromatic N) is 1. The van der Waals surface area contributed by atoms with Crippen LogP contribution in [0.4, 0.5) is 0 Å². The van der Waals surface area contributed by atoms with Crippen molar-refractivity contribution >= 4 is 28.7 Å². The van der Waals surface area contributed by atoms with Crippen molar-refractivity contribution in [3.63, 3.8) is 0 Å². The van der Waals surface area contributed by atoms with Crippen LogP contribution in [0.3, 0.4) is 0 Å². The number of rotatable bonds is 10. The molecule has 2 aromatic carbocycles. The van der Waals surface area contributed by atoms with Crippen molar-refractivity contribution in [3.05, 3.63) is 54.4 Å². The minimum atomic E-state index is -0.196. The zero-order valence-electron chi connectivity index (χ0n) is 16.1. The van der Waals surface area contributed by atoms with Crippen LogP contribution in [0, 0.1) is 0 Å². The standard InChI is InChI=1S/C21H25N3O3S/c1-3-26-18-10-6-7-11-19(18)27-14-20(25)22-17(12-13-28-2)21-23-15-8-4-5-9-16(15)24-21/h4-11,17H,3,12-14H2,1-2H3,(H,22,25)(H,23,24). The van der Waals surface area contributed by atoms with Crippen molar-refractivity contribution in [1.82, 2.24) is 15.3 Å². The summed E-state index contributed by atoms with van der Waals surface area (Å²) in [6.45, 7) is 2.36. The second-order valence-electron chi connectivity index (χ2n) is 6.21. The number of hydrogen-bond donors (Lipinski definition) is 2. The Balaban J connectivity index is 1.66. The summed E-state index contributed by atoms with van der Waals surface area (Å²) in [4.78, 5) is 20.5. The number of ether oxygens (including phenoxy) is 2. The van der Waals surface area contributed by atoms with E-state index >= 15 is 0 Å². The molecule has 3 aromatic rings. The van der Waals surface area contributed by atoms with E-state index in [-0.39, 0.29) is 18.6 Å². The first-order chi connectivity index (χ1) is 13.7. The van der Waals surface area contributed by atoms with E-state index in [0.717, 1.165) is 29.0 Å². The normalized spacial score (nSPS) is 11.9. The number of amides is 1. The SMILES string of the molecule is CCOc1ccccc1OCC(=O)NC(CCSC)c1nc2ccccc2[nH]1. The molecule has 0 radical (unpaired) electrons. The Kier molecular flexibility index (Phi) is 7.19. The highest BCUT2D eigenvalue weighted by molar-refractivity contribution is 7.98. The summed E-state index contributed by atoms with van der Waals surface area (Å²) in [5.74, 6) is 2.67. The minimum Gasteiger partial charge on any atom is -0.490 e. The van der Waals surface area contributed by atoms with Crippen molar-refractivity contribution < 1.29 is 14.3 Å². The van der Waals surface area contributed by atoms with Gasteiger partial charge in [0.15, 0.2) is 18.1 Å². The number of imidazole rings is 1. The quantitative estimate of drug-likeness (QED) is 0.540. The first-order valence-corrected chi connectivity index (χ1v) is 10.7. The van der Waals surface area contributed by atoms with E-state index in [1.807, 2.05) is 55.6 Å². The fraction of sp³-hybridized carbons (Fsp3) is 0.333. The Bertz CT molecular complexity index is 880. The fourth-order valence-electron chi connectivity index (χ4n) is 2.87. The average molecular weight is 400 g/mol. The number of thioether (sulfide) groups is 1. The molecule has 0 spiro atoms. The van der Waals surface area contributed by atoms with Gasteiger partial charge in [-0.15, -0.1) is 0 Å². The molecule has 3 rings (SSSR count). The number of fused-ring (bicyclic) bond motifs is 1. The lowest BCUT2D eigenvalue weighted by Gasteiger charge is -2.17. The molecule has 1 aromatic heterocycles. The van der Waals surface area contributed by atoms with Gasteiger partial charge < -0.3 is 19.8 Å². The largest absolute Gasteiger partial charge is 0.490 e. The van der Waals surface area contributed by atoms with Crippen molar-refractivity contribution in [2.45, 2.75) is 19.4 Å². The van der Waals surface area contributed by atoms with Gasteiger partial charge in [0.25, 0.3) is 5.91 Å². The molecule has 1 atom stereocenters. The van der Waals surface area contributed by atoms with Crippen LogP contribution in [0.1, 0.15) is 25.2 Å². The average Bonchev–Trinajstić information content (AvgIpc) is 3.15. The zero-order valence-corrected chi connectivity index (χ0v) is 16.9. The number of hydrogen-bond acceptors (Lipinski definition) is 5. The topological polar surface area (TPSA) is 76.2 Å². The molecule has 0 aliphatic heterocycles. The van der Waals surface area contributed by atoms with Crippen LogP contribution >= 0.6 is 11.8 Å². The van der Waals surface area contributed by atoms with Crippen LogP contribution in [0.15, 0.2) is 48.5 Å². The number of aromatic amines is 1. The molecule has 0 saturated carbocycles. The maximum absolute atomic E-state index is 12.5. The molecular formula is C21H25N3O3S. The van der Waals surface area contributed by atoms with E-state index in [1.54, 1.807) is 17.8 Å². The predicted molar refractivity (Wildman–Crippen MR) is 113 cm³/mol. The Morgan fingerprint density at radius 1 is 1.14 bits per heavy atom. The molecule has 7 heteroatoms. The molecule has 1 amide bonds.